The van der Waals surface area contributed by atoms with Crippen molar-refractivity contribution in [2.24, 2.45) is 22.3 Å². The minimum absolute atomic E-state index is 0.223. The Bertz CT molecular complexity index is 280. The fraction of sp³-hybridized carbons (Fsp3) is 0.800. The van der Waals surface area contributed by atoms with Gasteiger partial charge in [0.2, 0.25) is 0 Å². The Hall–Kier alpha value is -1.06. The summed E-state index contributed by atoms with van der Waals surface area (Å²) in [4.78, 5) is 11.0. The van der Waals surface area contributed by atoms with Crippen molar-refractivity contribution >= 4 is 11.7 Å². The van der Waals surface area contributed by atoms with Gasteiger partial charge in [-0.1, -0.05) is 12.8 Å². The first-order valence-electron chi connectivity index (χ1n) is 5.16. The molecule has 2 aliphatic rings. The Labute approximate surface area is 83.2 Å². The third-order valence-corrected chi connectivity index (χ3v) is 3.72. The minimum Gasteiger partial charge on any atom is -0.481 e. The maximum atomic E-state index is 11.0. The second-order valence-electron chi connectivity index (χ2n) is 4.60. The summed E-state index contributed by atoms with van der Waals surface area (Å²) in [5.74, 6) is 4.05. The zero-order valence-electron chi connectivity index (χ0n) is 8.20. The smallest absolute Gasteiger partial charge is 0.312 e. The molecule has 0 aromatic carbocycles. The van der Waals surface area contributed by atoms with Crippen molar-refractivity contribution < 1.29 is 9.90 Å². The van der Waals surface area contributed by atoms with Crippen LogP contribution < -0.4 is 5.84 Å². The summed E-state index contributed by atoms with van der Waals surface area (Å²) in [5, 5.41) is 12.7. The highest BCUT2D eigenvalue weighted by Crippen LogP contribution is 2.51. The topological polar surface area (TPSA) is 75.7 Å². The van der Waals surface area contributed by atoms with E-state index in [2.05, 4.69) is 5.10 Å². The molecule has 4 nitrogen and oxygen atoms in total. The van der Waals surface area contributed by atoms with E-state index < -0.39 is 11.9 Å². The Morgan fingerprint density at radius 1 is 1.50 bits per heavy atom. The van der Waals surface area contributed by atoms with Crippen molar-refractivity contribution in [2.75, 3.05) is 0 Å². The molecule has 0 amide bonds. The largest absolute Gasteiger partial charge is 0.481 e. The highest BCUT2D eigenvalue weighted by atomic mass is 16.4. The van der Waals surface area contributed by atoms with E-state index in [0.717, 1.165) is 25.7 Å². The summed E-state index contributed by atoms with van der Waals surface area (Å²) < 4.78 is 0. The predicted octanol–water partition coefficient (Wildman–Crippen LogP) is 1.36. The number of hydrazone groups is 1. The molecule has 2 saturated carbocycles. The van der Waals surface area contributed by atoms with Gasteiger partial charge in [0.25, 0.3) is 0 Å². The lowest BCUT2D eigenvalue weighted by Gasteiger charge is -2.20. The molecular formula is C10H16N2O2. The van der Waals surface area contributed by atoms with Crippen LogP contribution in [0.3, 0.4) is 0 Å². The molecule has 0 saturated heterocycles. The maximum Gasteiger partial charge on any atom is 0.312 e. The molecule has 4 heteroatoms. The van der Waals surface area contributed by atoms with Gasteiger partial charge in [-0.2, -0.15) is 5.10 Å². The fourth-order valence-electron chi connectivity index (χ4n) is 3.00. The van der Waals surface area contributed by atoms with E-state index in [1.165, 1.54) is 12.8 Å². The Balaban J connectivity index is 2.19. The van der Waals surface area contributed by atoms with Gasteiger partial charge < -0.3 is 10.9 Å². The summed E-state index contributed by atoms with van der Waals surface area (Å²) in [6.45, 7) is 0. The third kappa shape index (κ3) is 1.38. The number of aliphatic carboxylic acids is 1. The summed E-state index contributed by atoms with van der Waals surface area (Å²) in [6, 6.07) is 0. The van der Waals surface area contributed by atoms with Crippen molar-refractivity contribution in [3.63, 3.8) is 0 Å². The van der Waals surface area contributed by atoms with E-state index in [1.54, 1.807) is 0 Å². The lowest BCUT2D eigenvalue weighted by atomic mass is 9.84. The quantitative estimate of drug-likeness (QED) is 0.491. The number of nitrogens with zero attached hydrogens (tertiary/aromatic N) is 1. The van der Waals surface area contributed by atoms with E-state index in [-0.39, 0.29) is 5.41 Å². The summed E-state index contributed by atoms with van der Waals surface area (Å²) >= 11 is 0. The average Bonchev–Trinajstić information content (AvgIpc) is 2.74. The Morgan fingerprint density at radius 2 is 2.14 bits per heavy atom. The molecule has 1 atom stereocenters. The van der Waals surface area contributed by atoms with Gasteiger partial charge in [0.1, 0.15) is 0 Å². The van der Waals surface area contributed by atoms with E-state index in [9.17, 15) is 4.79 Å². The lowest BCUT2D eigenvalue weighted by Crippen LogP contribution is -2.19. The molecule has 2 rings (SSSR count). The number of carboxylic acids is 1. The minimum atomic E-state index is -0.766. The summed E-state index contributed by atoms with van der Waals surface area (Å²) in [6.07, 6.45) is 6.30. The van der Waals surface area contributed by atoms with Crippen LogP contribution in [0.15, 0.2) is 5.10 Å². The van der Waals surface area contributed by atoms with Crippen molar-refractivity contribution in [1.29, 1.82) is 0 Å². The first-order chi connectivity index (χ1) is 6.67. The molecule has 0 aromatic rings. The highest BCUT2D eigenvalue weighted by molar-refractivity contribution is 6.03. The molecule has 0 heterocycles. The van der Waals surface area contributed by atoms with E-state index in [1.807, 2.05) is 0 Å². The normalized spacial score (nSPS) is 32.9. The summed E-state index contributed by atoms with van der Waals surface area (Å²) in [7, 11) is 0. The lowest BCUT2D eigenvalue weighted by molar-refractivity contribution is -0.139. The van der Waals surface area contributed by atoms with Gasteiger partial charge in [-0.25, -0.2) is 0 Å². The van der Waals surface area contributed by atoms with Gasteiger partial charge in [-0.05, 0) is 31.1 Å². The molecule has 0 aliphatic heterocycles. The number of nitrogens with two attached hydrogens (primary N) is 1. The average molecular weight is 196 g/mol. The molecular weight excluding hydrogens is 180 g/mol. The SMILES string of the molecule is NN=C1CC2(CCCC2)CC1C(=O)O. The van der Waals surface area contributed by atoms with Crippen molar-refractivity contribution in [2.45, 2.75) is 38.5 Å². The van der Waals surface area contributed by atoms with Crippen molar-refractivity contribution in [1.82, 2.24) is 0 Å². The molecule has 78 valence electrons. The second kappa shape index (κ2) is 3.26. The van der Waals surface area contributed by atoms with Crippen LogP contribution in [0.1, 0.15) is 38.5 Å². The van der Waals surface area contributed by atoms with Gasteiger partial charge in [-0.3, -0.25) is 4.79 Å². The number of rotatable bonds is 1. The predicted molar refractivity (Wildman–Crippen MR) is 52.9 cm³/mol. The maximum absolute atomic E-state index is 11.0. The van der Waals surface area contributed by atoms with Gasteiger partial charge >= 0.3 is 5.97 Å². The van der Waals surface area contributed by atoms with E-state index in [0.29, 0.717) is 5.71 Å². The fourth-order valence-corrected chi connectivity index (χ4v) is 3.00. The first-order valence-corrected chi connectivity index (χ1v) is 5.16. The van der Waals surface area contributed by atoms with Crippen LogP contribution in [-0.4, -0.2) is 16.8 Å². The number of hydrogen-bond acceptors (Lipinski definition) is 3. The monoisotopic (exact) mass is 196 g/mol. The molecule has 1 unspecified atom stereocenters. The van der Waals surface area contributed by atoms with Crippen LogP contribution in [0.4, 0.5) is 0 Å². The standard InChI is InChI=1S/C10H16N2O2/c11-12-8-6-10(3-1-2-4-10)5-7(8)9(13)14/h7H,1-6,11H2,(H,13,14). The number of carbonyl (C=O) groups is 1. The number of carboxylic acid groups (broad SMARTS) is 1. The third-order valence-electron chi connectivity index (χ3n) is 3.72. The van der Waals surface area contributed by atoms with Crippen LogP contribution in [0.25, 0.3) is 0 Å². The molecule has 2 fully saturated rings. The van der Waals surface area contributed by atoms with Gasteiger partial charge in [-0.15, -0.1) is 0 Å². The molecule has 0 radical (unpaired) electrons. The van der Waals surface area contributed by atoms with Crippen LogP contribution in [0.5, 0.6) is 0 Å². The molecule has 14 heavy (non-hydrogen) atoms. The van der Waals surface area contributed by atoms with Gasteiger partial charge in [0.05, 0.1) is 11.6 Å². The molecule has 2 aliphatic carbocycles. The molecule has 1 spiro atoms. The number of hydrogen-bond donors (Lipinski definition) is 2. The highest BCUT2D eigenvalue weighted by Gasteiger charge is 2.47. The van der Waals surface area contributed by atoms with E-state index >= 15 is 0 Å². The van der Waals surface area contributed by atoms with Crippen molar-refractivity contribution in [3.05, 3.63) is 0 Å². The summed E-state index contributed by atoms with van der Waals surface area (Å²) in [5.41, 5.74) is 0.917. The second-order valence-corrected chi connectivity index (χ2v) is 4.60. The molecule has 0 aromatic heterocycles. The van der Waals surface area contributed by atoms with Crippen LogP contribution >= 0.6 is 0 Å². The first kappa shape index (κ1) is 9.49. The van der Waals surface area contributed by atoms with Crippen LogP contribution in [-0.2, 0) is 4.79 Å². The van der Waals surface area contributed by atoms with Crippen LogP contribution in [0, 0.1) is 11.3 Å². The van der Waals surface area contributed by atoms with Crippen molar-refractivity contribution in [3.8, 4) is 0 Å². The zero-order valence-corrected chi connectivity index (χ0v) is 8.20. The van der Waals surface area contributed by atoms with Crippen LogP contribution in [0.2, 0.25) is 0 Å². The Morgan fingerprint density at radius 3 is 2.57 bits per heavy atom. The van der Waals surface area contributed by atoms with E-state index in [4.69, 9.17) is 10.9 Å². The van der Waals surface area contributed by atoms with Gasteiger partial charge in [0.15, 0.2) is 0 Å². The zero-order chi connectivity index (χ0) is 10.2. The van der Waals surface area contributed by atoms with Gasteiger partial charge in [0, 0.05) is 0 Å². The molecule has 3 N–H and O–H groups in total. The molecule has 0 bridgehead atoms. The Kier molecular flexibility index (Phi) is 2.21.